The van der Waals surface area contributed by atoms with Crippen LogP contribution in [-0.4, -0.2) is 30.4 Å². The molecule has 1 saturated carbocycles. The standard InChI is InChI=1S/C15H16N6OS/c1-10-2-4-11(5-3-10)15-18-17-14(22-15)9-23-8-13-16-19-20-21(13)12-6-7-12/h2-5,12H,6-9H2,1H3. The molecule has 0 amide bonds. The Morgan fingerprint density at radius 1 is 1.13 bits per heavy atom. The number of aryl methyl sites for hydroxylation is 1. The van der Waals surface area contributed by atoms with E-state index < -0.39 is 0 Å². The third kappa shape index (κ3) is 3.26. The minimum Gasteiger partial charge on any atom is -0.420 e. The van der Waals surface area contributed by atoms with Crippen molar-refractivity contribution in [1.29, 1.82) is 0 Å². The number of nitrogens with zero attached hydrogens (tertiary/aromatic N) is 6. The van der Waals surface area contributed by atoms with Gasteiger partial charge in [-0.05, 0) is 42.3 Å². The van der Waals surface area contributed by atoms with E-state index in [1.165, 1.54) is 18.4 Å². The van der Waals surface area contributed by atoms with Gasteiger partial charge in [0.25, 0.3) is 0 Å². The Hall–Kier alpha value is -2.22. The molecule has 1 aromatic carbocycles. The van der Waals surface area contributed by atoms with Crippen LogP contribution in [0, 0.1) is 6.92 Å². The molecule has 0 N–H and O–H groups in total. The van der Waals surface area contributed by atoms with Gasteiger partial charge in [0.05, 0.1) is 17.5 Å². The van der Waals surface area contributed by atoms with Crippen LogP contribution in [0.2, 0.25) is 0 Å². The lowest BCUT2D eigenvalue weighted by molar-refractivity contribution is 0.528. The van der Waals surface area contributed by atoms with E-state index in [1.54, 1.807) is 11.8 Å². The van der Waals surface area contributed by atoms with Crippen LogP contribution >= 0.6 is 11.8 Å². The summed E-state index contributed by atoms with van der Waals surface area (Å²) in [6.07, 6.45) is 2.35. The van der Waals surface area contributed by atoms with Crippen molar-refractivity contribution in [3.05, 3.63) is 41.5 Å². The molecule has 8 heteroatoms. The highest BCUT2D eigenvalue weighted by Gasteiger charge is 2.27. The summed E-state index contributed by atoms with van der Waals surface area (Å²) in [5.74, 6) is 3.48. The summed E-state index contributed by atoms with van der Waals surface area (Å²) in [5, 5.41) is 20.1. The maximum absolute atomic E-state index is 5.72. The van der Waals surface area contributed by atoms with E-state index in [0.29, 0.717) is 23.6 Å². The number of benzene rings is 1. The zero-order valence-corrected chi connectivity index (χ0v) is 13.5. The van der Waals surface area contributed by atoms with Gasteiger partial charge in [0.1, 0.15) is 0 Å². The van der Waals surface area contributed by atoms with Crippen molar-refractivity contribution in [3.8, 4) is 11.5 Å². The molecule has 0 aliphatic heterocycles. The van der Waals surface area contributed by atoms with Gasteiger partial charge in [0.15, 0.2) is 5.82 Å². The van der Waals surface area contributed by atoms with Crippen LogP contribution in [0.4, 0.5) is 0 Å². The van der Waals surface area contributed by atoms with Gasteiger partial charge in [-0.15, -0.1) is 27.1 Å². The Kier molecular flexibility index (Phi) is 3.82. The molecule has 2 aromatic heterocycles. The Bertz CT molecular complexity index is 792. The average molecular weight is 328 g/mol. The molecule has 1 fully saturated rings. The van der Waals surface area contributed by atoms with Gasteiger partial charge in [-0.3, -0.25) is 0 Å². The third-order valence-electron chi connectivity index (χ3n) is 3.68. The molecular formula is C15H16N6OS. The summed E-state index contributed by atoms with van der Waals surface area (Å²) in [6, 6.07) is 8.54. The van der Waals surface area contributed by atoms with Crippen molar-refractivity contribution in [3.63, 3.8) is 0 Å². The predicted molar refractivity (Wildman–Crippen MR) is 85.6 cm³/mol. The molecule has 1 aliphatic rings. The molecule has 0 radical (unpaired) electrons. The molecule has 4 rings (SSSR count). The fraction of sp³-hybridized carbons (Fsp3) is 0.400. The molecule has 3 aromatic rings. The summed E-state index contributed by atoms with van der Waals surface area (Å²) >= 11 is 1.67. The van der Waals surface area contributed by atoms with Crippen molar-refractivity contribution in [1.82, 2.24) is 30.4 Å². The number of thioether (sulfide) groups is 1. The Morgan fingerprint density at radius 3 is 2.74 bits per heavy atom. The highest BCUT2D eigenvalue weighted by Crippen LogP contribution is 2.35. The van der Waals surface area contributed by atoms with Crippen LogP contribution in [0.25, 0.3) is 11.5 Å². The Morgan fingerprint density at radius 2 is 1.96 bits per heavy atom. The third-order valence-corrected chi connectivity index (χ3v) is 4.59. The normalized spacial score (nSPS) is 14.3. The van der Waals surface area contributed by atoms with E-state index in [4.69, 9.17) is 4.42 Å². The first-order chi connectivity index (χ1) is 11.3. The lowest BCUT2D eigenvalue weighted by Gasteiger charge is -2.00. The predicted octanol–water partition coefficient (Wildman–Crippen LogP) is 2.80. The maximum atomic E-state index is 5.72. The van der Waals surface area contributed by atoms with Gasteiger partial charge in [-0.1, -0.05) is 17.7 Å². The van der Waals surface area contributed by atoms with E-state index >= 15 is 0 Å². The number of tetrazole rings is 1. The summed E-state index contributed by atoms with van der Waals surface area (Å²) in [7, 11) is 0. The lowest BCUT2D eigenvalue weighted by Crippen LogP contribution is -2.02. The molecule has 1 aliphatic carbocycles. The van der Waals surface area contributed by atoms with Crippen molar-refractivity contribution in [2.75, 3.05) is 0 Å². The van der Waals surface area contributed by atoms with Crippen LogP contribution in [-0.2, 0) is 11.5 Å². The summed E-state index contributed by atoms with van der Waals surface area (Å²) in [6.45, 7) is 2.05. The molecule has 7 nitrogen and oxygen atoms in total. The fourth-order valence-corrected chi connectivity index (χ4v) is 3.03. The minimum absolute atomic E-state index is 0.497. The zero-order valence-electron chi connectivity index (χ0n) is 12.7. The number of hydrogen-bond acceptors (Lipinski definition) is 7. The molecule has 2 heterocycles. The molecule has 0 unspecified atom stereocenters. The minimum atomic E-state index is 0.497. The van der Waals surface area contributed by atoms with Crippen molar-refractivity contribution in [2.24, 2.45) is 0 Å². The van der Waals surface area contributed by atoms with Crippen LogP contribution < -0.4 is 0 Å². The largest absolute Gasteiger partial charge is 0.420 e. The molecule has 0 atom stereocenters. The van der Waals surface area contributed by atoms with Gasteiger partial charge in [-0.25, -0.2) is 4.68 Å². The molecule has 23 heavy (non-hydrogen) atoms. The van der Waals surface area contributed by atoms with E-state index in [9.17, 15) is 0 Å². The average Bonchev–Trinajstić information content (AvgIpc) is 3.11. The zero-order chi connectivity index (χ0) is 15.6. The number of aromatic nitrogens is 6. The second-order valence-electron chi connectivity index (χ2n) is 5.63. The van der Waals surface area contributed by atoms with Gasteiger partial charge in [0.2, 0.25) is 11.8 Å². The Balaban J connectivity index is 1.36. The first-order valence-electron chi connectivity index (χ1n) is 7.53. The van der Waals surface area contributed by atoms with Gasteiger partial charge in [0, 0.05) is 5.56 Å². The van der Waals surface area contributed by atoms with Crippen LogP contribution in [0.5, 0.6) is 0 Å². The van der Waals surface area contributed by atoms with Crippen molar-refractivity contribution in [2.45, 2.75) is 37.3 Å². The number of rotatable bonds is 6. The molecule has 0 spiro atoms. The smallest absolute Gasteiger partial charge is 0.247 e. The first kappa shape index (κ1) is 14.4. The van der Waals surface area contributed by atoms with Gasteiger partial charge in [-0.2, -0.15) is 0 Å². The number of hydrogen-bond donors (Lipinski definition) is 0. The van der Waals surface area contributed by atoms with Crippen molar-refractivity contribution >= 4 is 11.8 Å². The Labute approximate surface area is 137 Å². The van der Waals surface area contributed by atoms with Crippen LogP contribution in [0.3, 0.4) is 0 Å². The SMILES string of the molecule is Cc1ccc(-c2nnc(CSCc3nnnn3C3CC3)o2)cc1. The molecule has 0 bridgehead atoms. The van der Waals surface area contributed by atoms with E-state index in [2.05, 4.69) is 32.6 Å². The topological polar surface area (TPSA) is 82.5 Å². The van der Waals surface area contributed by atoms with Crippen LogP contribution in [0.1, 0.15) is 36.2 Å². The summed E-state index contributed by atoms with van der Waals surface area (Å²) < 4.78 is 7.65. The highest BCUT2D eigenvalue weighted by atomic mass is 32.2. The monoisotopic (exact) mass is 328 g/mol. The molecule has 0 saturated heterocycles. The summed E-state index contributed by atoms with van der Waals surface area (Å²) in [5.41, 5.74) is 2.15. The molecular weight excluding hydrogens is 312 g/mol. The lowest BCUT2D eigenvalue weighted by atomic mass is 10.1. The maximum Gasteiger partial charge on any atom is 0.247 e. The van der Waals surface area contributed by atoms with Crippen molar-refractivity contribution < 1.29 is 4.42 Å². The fourth-order valence-electron chi connectivity index (χ4n) is 2.26. The molecule has 118 valence electrons. The van der Waals surface area contributed by atoms with Gasteiger partial charge >= 0.3 is 0 Å². The van der Waals surface area contributed by atoms with E-state index in [-0.39, 0.29) is 0 Å². The second-order valence-corrected chi connectivity index (χ2v) is 6.62. The quantitative estimate of drug-likeness (QED) is 0.688. The highest BCUT2D eigenvalue weighted by molar-refractivity contribution is 7.97. The second kappa shape index (κ2) is 6.11. The van der Waals surface area contributed by atoms with E-state index in [0.717, 1.165) is 17.1 Å². The van der Waals surface area contributed by atoms with Gasteiger partial charge < -0.3 is 4.42 Å². The van der Waals surface area contributed by atoms with E-state index in [1.807, 2.05) is 28.9 Å². The first-order valence-corrected chi connectivity index (χ1v) is 8.69. The summed E-state index contributed by atoms with van der Waals surface area (Å²) in [4.78, 5) is 0. The van der Waals surface area contributed by atoms with Crippen LogP contribution in [0.15, 0.2) is 28.7 Å².